The van der Waals surface area contributed by atoms with Crippen LogP contribution in [0.25, 0.3) is 5.65 Å². The first kappa shape index (κ1) is 19.9. The van der Waals surface area contributed by atoms with Crippen molar-refractivity contribution in [2.24, 2.45) is 0 Å². The van der Waals surface area contributed by atoms with Gasteiger partial charge in [0, 0.05) is 25.2 Å². The second-order valence-electron chi connectivity index (χ2n) is 8.50. The first-order valence-corrected chi connectivity index (χ1v) is 11.1. The molecule has 3 atom stereocenters. The van der Waals surface area contributed by atoms with Gasteiger partial charge in [-0.2, -0.15) is 9.61 Å². The van der Waals surface area contributed by atoms with Crippen molar-refractivity contribution in [3.8, 4) is 0 Å². The summed E-state index contributed by atoms with van der Waals surface area (Å²) >= 11 is 0. The summed E-state index contributed by atoms with van der Waals surface area (Å²) in [6.45, 7) is 3.48. The molecule has 5 rings (SSSR count). The number of anilines is 2. The predicted octanol–water partition coefficient (Wildman–Crippen LogP) is 1.55. The standard InChI is InChI=1S/C21H28N8O2/c1-14-23-24-19-9-8-18(25-28(14)19)22-13-15-5-2-3-12-27(15)20-10-11-21(31)29(26-20)16-6-4-7-17(16)30/h8-11,15-17,30H,2-7,12-13H2,1H3,(H,22,25). The van der Waals surface area contributed by atoms with Gasteiger partial charge in [0.2, 0.25) is 0 Å². The van der Waals surface area contributed by atoms with Crippen LogP contribution in [-0.2, 0) is 0 Å². The summed E-state index contributed by atoms with van der Waals surface area (Å²) in [5.74, 6) is 2.31. The molecule has 1 saturated heterocycles. The number of hydrogen-bond acceptors (Lipinski definition) is 8. The number of aliphatic hydroxyl groups is 1. The first-order chi connectivity index (χ1) is 15.1. The Morgan fingerprint density at radius 2 is 1.97 bits per heavy atom. The van der Waals surface area contributed by atoms with Crippen molar-refractivity contribution < 1.29 is 5.11 Å². The predicted molar refractivity (Wildman–Crippen MR) is 116 cm³/mol. The third kappa shape index (κ3) is 3.87. The van der Waals surface area contributed by atoms with Crippen molar-refractivity contribution in [1.82, 2.24) is 29.6 Å². The van der Waals surface area contributed by atoms with Crippen LogP contribution in [0.3, 0.4) is 0 Å². The van der Waals surface area contributed by atoms with Gasteiger partial charge in [0.05, 0.1) is 12.1 Å². The Balaban J connectivity index is 1.35. The van der Waals surface area contributed by atoms with E-state index in [1.54, 1.807) is 10.6 Å². The number of nitrogens with one attached hydrogen (secondary N) is 1. The average Bonchev–Trinajstić information content (AvgIpc) is 3.38. The zero-order chi connectivity index (χ0) is 21.4. The second-order valence-corrected chi connectivity index (χ2v) is 8.50. The lowest BCUT2D eigenvalue weighted by Gasteiger charge is -2.37. The highest BCUT2D eigenvalue weighted by atomic mass is 16.3. The molecule has 3 aromatic heterocycles. The van der Waals surface area contributed by atoms with E-state index in [0.717, 1.165) is 68.2 Å². The monoisotopic (exact) mass is 424 g/mol. The molecule has 0 aromatic carbocycles. The zero-order valence-electron chi connectivity index (χ0n) is 17.7. The van der Waals surface area contributed by atoms with Crippen molar-refractivity contribution in [3.05, 3.63) is 40.4 Å². The van der Waals surface area contributed by atoms with Crippen molar-refractivity contribution in [2.45, 2.75) is 63.6 Å². The number of piperidine rings is 1. The summed E-state index contributed by atoms with van der Waals surface area (Å²) < 4.78 is 3.22. The smallest absolute Gasteiger partial charge is 0.267 e. The van der Waals surface area contributed by atoms with E-state index >= 15 is 0 Å². The molecule has 2 N–H and O–H groups in total. The zero-order valence-corrected chi connectivity index (χ0v) is 17.7. The minimum atomic E-state index is -0.499. The molecule has 3 unspecified atom stereocenters. The van der Waals surface area contributed by atoms with Crippen LogP contribution in [-0.4, -0.2) is 59.9 Å². The van der Waals surface area contributed by atoms with Crippen molar-refractivity contribution in [2.75, 3.05) is 23.3 Å². The molecule has 164 valence electrons. The summed E-state index contributed by atoms with van der Waals surface area (Å²) in [7, 11) is 0. The molecule has 1 saturated carbocycles. The lowest BCUT2D eigenvalue weighted by atomic mass is 10.0. The van der Waals surface area contributed by atoms with E-state index in [-0.39, 0.29) is 17.6 Å². The highest BCUT2D eigenvalue weighted by Crippen LogP contribution is 2.29. The van der Waals surface area contributed by atoms with Crippen LogP contribution in [0, 0.1) is 6.92 Å². The fraction of sp³-hybridized carbons (Fsp3) is 0.571. The Morgan fingerprint density at radius 3 is 2.81 bits per heavy atom. The van der Waals surface area contributed by atoms with Crippen LogP contribution in [0.15, 0.2) is 29.1 Å². The fourth-order valence-electron chi connectivity index (χ4n) is 4.74. The van der Waals surface area contributed by atoms with E-state index in [1.165, 1.54) is 4.68 Å². The molecule has 2 fully saturated rings. The van der Waals surface area contributed by atoms with E-state index in [9.17, 15) is 9.90 Å². The molecule has 10 heteroatoms. The molecule has 0 amide bonds. The van der Waals surface area contributed by atoms with E-state index in [0.29, 0.717) is 6.54 Å². The molecule has 31 heavy (non-hydrogen) atoms. The van der Waals surface area contributed by atoms with Gasteiger partial charge >= 0.3 is 0 Å². The van der Waals surface area contributed by atoms with Gasteiger partial charge in [-0.1, -0.05) is 0 Å². The van der Waals surface area contributed by atoms with Crippen LogP contribution in [0.1, 0.15) is 50.4 Å². The topological polar surface area (TPSA) is 113 Å². The molecule has 2 aliphatic rings. The van der Waals surface area contributed by atoms with Crippen LogP contribution in [0.2, 0.25) is 0 Å². The molecule has 0 bridgehead atoms. The average molecular weight is 425 g/mol. The maximum Gasteiger partial charge on any atom is 0.267 e. The van der Waals surface area contributed by atoms with Crippen LogP contribution < -0.4 is 15.8 Å². The van der Waals surface area contributed by atoms with E-state index in [1.807, 2.05) is 25.1 Å². The number of hydrogen-bond donors (Lipinski definition) is 2. The van der Waals surface area contributed by atoms with Gasteiger partial charge in [-0.25, -0.2) is 4.68 Å². The number of rotatable bonds is 5. The van der Waals surface area contributed by atoms with Crippen molar-refractivity contribution >= 4 is 17.3 Å². The molecular formula is C21H28N8O2. The Kier molecular flexibility index (Phi) is 5.31. The summed E-state index contributed by atoms with van der Waals surface area (Å²) in [5.41, 5.74) is 0.575. The summed E-state index contributed by atoms with van der Waals surface area (Å²) in [6, 6.07) is 7.21. The van der Waals surface area contributed by atoms with Crippen LogP contribution in [0.5, 0.6) is 0 Å². The van der Waals surface area contributed by atoms with Gasteiger partial charge in [-0.3, -0.25) is 4.79 Å². The van der Waals surface area contributed by atoms with E-state index < -0.39 is 6.10 Å². The Morgan fingerprint density at radius 1 is 1.06 bits per heavy atom. The lowest BCUT2D eigenvalue weighted by molar-refractivity contribution is 0.127. The number of aliphatic hydroxyl groups excluding tert-OH is 1. The highest BCUT2D eigenvalue weighted by Gasteiger charge is 2.30. The van der Waals surface area contributed by atoms with Gasteiger partial charge in [0.1, 0.15) is 11.6 Å². The Hall–Kier alpha value is -3.01. The first-order valence-electron chi connectivity index (χ1n) is 11.1. The SMILES string of the molecule is Cc1nnc2ccc(NCC3CCCCN3c3ccc(=O)n(C4CCCC4O)n3)nn12. The summed E-state index contributed by atoms with van der Waals surface area (Å²) in [5, 5.41) is 31.1. The second kappa shape index (κ2) is 8.26. The number of aromatic nitrogens is 6. The van der Waals surface area contributed by atoms with E-state index in [2.05, 4.69) is 30.6 Å². The van der Waals surface area contributed by atoms with Gasteiger partial charge in [-0.05, 0) is 63.6 Å². The molecule has 10 nitrogen and oxygen atoms in total. The van der Waals surface area contributed by atoms with Gasteiger partial charge in [0.15, 0.2) is 11.5 Å². The lowest BCUT2D eigenvalue weighted by Crippen LogP contribution is -2.45. The largest absolute Gasteiger partial charge is 0.391 e. The Bertz CT molecular complexity index is 1130. The van der Waals surface area contributed by atoms with Gasteiger partial charge < -0.3 is 15.3 Å². The molecule has 1 aliphatic carbocycles. The minimum Gasteiger partial charge on any atom is -0.391 e. The van der Waals surface area contributed by atoms with E-state index in [4.69, 9.17) is 0 Å². The molecule has 0 radical (unpaired) electrons. The number of aryl methyl sites for hydroxylation is 1. The molecule has 1 aliphatic heterocycles. The third-order valence-electron chi connectivity index (χ3n) is 6.43. The minimum absolute atomic E-state index is 0.150. The molecule has 4 heterocycles. The summed E-state index contributed by atoms with van der Waals surface area (Å²) in [4.78, 5) is 14.7. The normalized spacial score (nSPS) is 24.1. The van der Waals surface area contributed by atoms with Crippen molar-refractivity contribution in [3.63, 3.8) is 0 Å². The quantitative estimate of drug-likeness (QED) is 0.634. The number of nitrogens with zero attached hydrogens (tertiary/aromatic N) is 7. The van der Waals surface area contributed by atoms with Crippen LogP contribution in [0.4, 0.5) is 11.6 Å². The van der Waals surface area contributed by atoms with Crippen LogP contribution >= 0.6 is 0 Å². The highest BCUT2D eigenvalue weighted by molar-refractivity contribution is 5.45. The molecule has 0 spiro atoms. The number of fused-ring (bicyclic) bond motifs is 1. The summed E-state index contributed by atoms with van der Waals surface area (Å²) in [6.07, 6.45) is 5.22. The fourth-order valence-corrected chi connectivity index (χ4v) is 4.74. The maximum absolute atomic E-state index is 12.4. The van der Waals surface area contributed by atoms with Gasteiger partial charge in [0.25, 0.3) is 5.56 Å². The van der Waals surface area contributed by atoms with Gasteiger partial charge in [-0.15, -0.1) is 15.3 Å². The van der Waals surface area contributed by atoms with Crippen molar-refractivity contribution in [1.29, 1.82) is 0 Å². The maximum atomic E-state index is 12.4. The Labute approximate surface area is 179 Å². The third-order valence-corrected chi connectivity index (χ3v) is 6.43. The molecule has 3 aromatic rings. The molecular weight excluding hydrogens is 396 g/mol.